The molecule has 0 amide bonds. The normalized spacial score (nSPS) is 27.2. The molecule has 3 rings (SSSR count). The van der Waals surface area contributed by atoms with Gasteiger partial charge in [-0.3, -0.25) is 0 Å². The highest BCUT2D eigenvalue weighted by Gasteiger charge is 2.44. The lowest BCUT2D eigenvalue weighted by Crippen LogP contribution is -2.33. The zero-order chi connectivity index (χ0) is 14.2. The van der Waals surface area contributed by atoms with E-state index in [4.69, 9.17) is 4.74 Å². The smallest absolute Gasteiger partial charge is 0.244 e. The number of rotatable bonds is 3. The monoisotopic (exact) mass is 297 g/mol. The fourth-order valence-corrected chi connectivity index (χ4v) is 4.53. The Balaban J connectivity index is 1.81. The van der Waals surface area contributed by atoms with Crippen LogP contribution in [0.3, 0.4) is 0 Å². The summed E-state index contributed by atoms with van der Waals surface area (Å²) >= 11 is 0. The number of ether oxygens (including phenoxy) is 1. The summed E-state index contributed by atoms with van der Waals surface area (Å²) in [5.41, 5.74) is 0.132. The quantitative estimate of drug-likeness (QED) is 0.878. The summed E-state index contributed by atoms with van der Waals surface area (Å²) in [4.78, 5) is 4.22. The molecule has 2 saturated heterocycles. The molecule has 0 saturated carbocycles. The van der Waals surface area contributed by atoms with Crippen molar-refractivity contribution in [3.05, 3.63) is 18.3 Å². The Bertz CT molecular complexity index is 579. The number of aromatic nitrogens is 1. The summed E-state index contributed by atoms with van der Waals surface area (Å²) in [6, 6.07) is 3.13. The van der Waals surface area contributed by atoms with Gasteiger partial charge in [-0.1, -0.05) is 0 Å². The number of pyridine rings is 1. The van der Waals surface area contributed by atoms with Crippen molar-refractivity contribution < 1.29 is 13.2 Å². The van der Waals surface area contributed by atoms with Crippen molar-refractivity contribution in [2.45, 2.75) is 17.7 Å². The van der Waals surface area contributed by atoms with Crippen LogP contribution in [0.1, 0.15) is 12.8 Å². The van der Waals surface area contributed by atoms with Crippen LogP contribution in [0.2, 0.25) is 0 Å². The standard InChI is InChI=1S/C13H19N3O3S/c1-19-12-3-2-11(8-15-12)20(17,18)16-7-5-13(10-16)4-6-14-9-13/h2-3,8,14H,4-7,9-10H2,1H3. The first-order valence-corrected chi connectivity index (χ1v) is 8.21. The van der Waals surface area contributed by atoms with Crippen LogP contribution < -0.4 is 10.1 Å². The fraction of sp³-hybridized carbons (Fsp3) is 0.615. The molecule has 2 fully saturated rings. The van der Waals surface area contributed by atoms with Gasteiger partial charge in [0.25, 0.3) is 0 Å². The van der Waals surface area contributed by atoms with E-state index in [1.165, 1.54) is 13.3 Å². The molecule has 2 aliphatic rings. The van der Waals surface area contributed by atoms with Gasteiger partial charge in [-0.2, -0.15) is 4.31 Å². The van der Waals surface area contributed by atoms with Gasteiger partial charge < -0.3 is 10.1 Å². The molecule has 2 aliphatic heterocycles. The minimum atomic E-state index is -3.44. The molecule has 3 heterocycles. The van der Waals surface area contributed by atoms with E-state index in [0.717, 1.165) is 25.9 Å². The second-order valence-electron chi connectivity index (χ2n) is 5.55. The third-order valence-electron chi connectivity index (χ3n) is 4.29. The van der Waals surface area contributed by atoms with E-state index in [-0.39, 0.29) is 10.3 Å². The molecule has 1 aromatic heterocycles. The Morgan fingerprint density at radius 3 is 2.85 bits per heavy atom. The van der Waals surface area contributed by atoms with E-state index < -0.39 is 10.0 Å². The lowest BCUT2D eigenvalue weighted by molar-refractivity contribution is 0.338. The Morgan fingerprint density at radius 1 is 1.40 bits per heavy atom. The van der Waals surface area contributed by atoms with Crippen molar-refractivity contribution >= 4 is 10.0 Å². The predicted molar refractivity (Wildman–Crippen MR) is 74.1 cm³/mol. The maximum Gasteiger partial charge on any atom is 0.244 e. The largest absolute Gasteiger partial charge is 0.481 e. The highest BCUT2D eigenvalue weighted by atomic mass is 32.2. The van der Waals surface area contributed by atoms with Gasteiger partial charge in [0, 0.05) is 25.7 Å². The summed E-state index contributed by atoms with van der Waals surface area (Å²) < 4.78 is 31.7. The number of hydrogen-bond donors (Lipinski definition) is 1. The predicted octanol–water partition coefficient (Wildman–Crippen LogP) is 0.464. The van der Waals surface area contributed by atoms with Gasteiger partial charge in [0.2, 0.25) is 15.9 Å². The zero-order valence-electron chi connectivity index (χ0n) is 11.5. The lowest BCUT2D eigenvalue weighted by Gasteiger charge is -2.22. The van der Waals surface area contributed by atoms with Crippen LogP contribution in [0.25, 0.3) is 0 Å². The highest BCUT2D eigenvalue weighted by Crippen LogP contribution is 2.38. The Morgan fingerprint density at radius 2 is 2.25 bits per heavy atom. The number of hydrogen-bond acceptors (Lipinski definition) is 5. The molecule has 20 heavy (non-hydrogen) atoms. The first kappa shape index (κ1) is 13.8. The Kier molecular flexibility index (Phi) is 3.43. The molecule has 0 aromatic carbocycles. The third kappa shape index (κ3) is 2.30. The average molecular weight is 297 g/mol. The van der Waals surface area contributed by atoms with Crippen LogP contribution in [0.5, 0.6) is 5.88 Å². The van der Waals surface area contributed by atoms with E-state index in [2.05, 4.69) is 10.3 Å². The molecule has 6 nitrogen and oxygen atoms in total. The number of nitrogens with one attached hydrogen (secondary N) is 1. The second kappa shape index (κ2) is 4.98. The third-order valence-corrected chi connectivity index (χ3v) is 6.12. The van der Waals surface area contributed by atoms with Crippen molar-refractivity contribution in [3.8, 4) is 5.88 Å². The van der Waals surface area contributed by atoms with Crippen LogP contribution in [0.4, 0.5) is 0 Å². The van der Waals surface area contributed by atoms with Gasteiger partial charge in [0.05, 0.1) is 13.3 Å². The van der Waals surface area contributed by atoms with E-state index >= 15 is 0 Å². The molecule has 1 spiro atoms. The van der Waals surface area contributed by atoms with Crippen LogP contribution in [0.15, 0.2) is 23.2 Å². The molecular formula is C13H19N3O3S. The second-order valence-corrected chi connectivity index (χ2v) is 7.49. The lowest BCUT2D eigenvalue weighted by atomic mass is 9.87. The van der Waals surface area contributed by atoms with E-state index in [1.807, 2.05) is 0 Å². The maximum atomic E-state index is 12.6. The molecule has 7 heteroatoms. The molecule has 1 aromatic rings. The highest BCUT2D eigenvalue weighted by molar-refractivity contribution is 7.89. The summed E-state index contributed by atoms with van der Waals surface area (Å²) in [5.74, 6) is 0.418. The fourth-order valence-electron chi connectivity index (χ4n) is 3.03. The summed E-state index contributed by atoms with van der Waals surface area (Å²) in [6.45, 7) is 3.10. The Labute approximate surface area is 119 Å². The van der Waals surface area contributed by atoms with E-state index in [0.29, 0.717) is 19.0 Å². The van der Waals surface area contributed by atoms with Gasteiger partial charge in [-0.05, 0) is 30.9 Å². The molecule has 0 radical (unpaired) electrons. The van der Waals surface area contributed by atoms with Gasteiger partial charge >= 0.3 is 0 Å². The topological polar surface area (TPSA) is 71.5 Å². The molecular weight excluding hydrogens is 278 g/mol. The number of nitrogens with zero attached hydrogens (tertiary/aromatic N) is 2. The van der Waals surface area contributed by atoms with Crippen molar-refractivity contribution in [2.24, 2.45) is 5.41 Å². The molecule has 1 atom stereocenters. The van der Waals surface area contributed by atoms with Crippen molar-refractivity contribution in [2.75, 3.05) is 33.3 Å². The van der Waals surface area contributed by atoms with Gasteiger partial charge in [-0.25, -0.2) is 13.4 Å². The van der Waals surface area contributed by atoms with Gasteiger partial charge in [0.1, 0.15) is 4.90 Å². The van der Waals surface area contributed by atoms with E-state index in [1.54, 1.807) is 16.4 Å². The summed E-state index contributed by atoms with van der Waals surface area (Å²) in [7, 11) is -1.93. The number of methoxy groups -OCH3 is 1. The van der Waals surface area contributed by atoms with E-state index in [9.17, 15) is 8.42 Å². The average Bonchev–Trinajstić information content (AvgIpc) is 3.10. The minimum Gasteiger partial charge on any atom is -0.481 e. The van der Waals surface area contributed by atoms with Crippen molar-refractivity contribution in [1.29, 1.82) is 0 Å². The first-order chi connectivity index (χ1) is 9.56. The summed E-state index contributed by atoms with van der Waals surface area (Å²) in [6.07, 6.45) is 3.36. The SMILES string of the molecule is COc1ccc(S(=O)(=O)N2CCC3(CCNC3)C2)cn1. The van der Waals surface area contributed by atoms with Crippen LogP contribution >= 0.6 is 0 Å². The molecule has 110 valence electrons. The van der Waals surface area contributed by atoms with Crippen LogP contribution in [0, 0.1) is 5.41 Å². The first-order valence-electron chi connectivity index (χ1n) is 6.77. The van der Waals surface area contributed by atoms with Crippen molar-refractivity contribution in [3.63, 3.8) is 0 Å². The molecule has 0 bridgehead atoms. The molecule has 0 aliphatic carbocycles. The minimum absolute atomic E-state index is 0.132. The summed E-state index contributed by atoms with van der Waals surface area (Å²) in [5, 5.41) is 3.33. The van der Waals surface area contributed by atoms with Gasteiger partial charge in [-0.15, -0.1) is 0 Å². The number of sulfonamides is 1. The van der Waals surface area contributed by atoms with Crippen LogP contribution in [-0.4, -0.2) is 51.0 Å². The molecule has 1 unspecified atom stereocenters. The Hall–Kier alpha value is -1.18. The van der Waals surface area contributed by atoms with Crippen LogP contribution in [-0.2, 0) is 10.0 Å². The molecule has 1 N–H and O–H groups in total. The zero-order valence-corrected chi connectivity index (χ0v) is 12.3. The van der Waals surface area contributed by atoms with Crippen molar-refractivity contribution in [1.82, 2.24) is 14.6 Å². The maximum absolute atomic E-state index is 12.6. The van der Waals surface area contributed by atoms with Gasteiger partial charge in [0.15, 0.2) is 0 Å².